The molecule has 0 aromatic rings. The van der Waals surface area contributed by atoms with Crippen molar-refractivity contribution in [3.05, 3.63) is 35.3 Å². The maximum atomic E-state index is 13.3. The molecular weight excluding hydrogens is 296 g/mol. The molecule has 1 saturated heterocycles. The summed E-state index contributed by atoms with van der Waals surface area (Å²) in [4.78, 5) is 3.54. The van der Waals surface area contributed by atoms with E-state index in [-0.39, 0.29) is 12.0 Å². The number of alkyl halides is 3. The first kappa shape index (κ1) is 18.7. The lowest BCUT2D eigenvalue weighted by Crippen LogP contribution is -2.42. The van der Waals surface area contributed by atoms with Gasteiger partial charge in [-0.25, -0.2) is 4.39 Å². The first-order valence-electron chi connectivity index (χ1n) is 7.34. The van der Waals surface area contributed by atoms with Gasteiger partial charge >= 0.3 is 6.18 Å². The van der Waals surface area contributed by atoms with E-state index in [0.717, 1.165) is 18.9 Å². The van der Waals surface area contributed by atoms with E-state index < -0.39 is 11.7 Å². The van der Waals surface area contributed by atoms with Gasteiger partial charge in [0.1, 0.15) is 6.33 Å². The maximum Gasteiger partial charge on any atom is 0.418 e. The van der Waals surface area contributed by atoms with E-state index in [0.29, 0.717) is 24.7 Å². The van der Waals surface area contributed by atoms with E-state index in [9.17, 15) is 17.6 Å². The van der Waals surface area contributed by atoms with E-state index in [1.165, 1.54) is 4.90 Å². The van der Waals surface area contributed by atoms with Crippen LogP contribution in [0.1, 0.15) is 26.7 Å². The molecule has 0 unspecified atom stereocenters. The lowest BCUT2D eigenvalue weighted by Gasteiger charge is -2.38. The predicted octanol–water partition coefficient (Wildman–Crippen LogP) is 4.28. The zero-order chi connectivity index (χ0) is 16.9. The summed E-state index contributed by atoms with van der Waals surface area (Å²) in [5.74, 6) is 0. The quantitative estimate of drug-likeness (QED) is 0.563. The fourth-order valence-electron chi connectivity index (χ4n) is 2.53. The van der Waals surface area contributed by atoms with Crippen LogP contribution in [0.4, 0.5) is 17.6 Å². The molecule has 0 amide bonds. The molecule has 0 saturated carbocycles. The minimum absolute atomic E-state index is 0.0816. The Morgan fingerprint density at radius 3 is 2.09 bits per heavy atom. The average Bonchev–Trinajstić information content (AvgIpc) is 2.46. The van der Waals surface area contributed by atoms with Crippen LogP contribution in [-0.4, -0.2) is 49.2 Å². The Bertz CT molecular complexity index is 453. The number of likely N-dealkylation sites (tertiary alicyclic amines) is 1. The second-order valence-corrected chi connectivity index (χ2v) is 5.76. The summed E-state index contributed by atoms with van der Waals surface area (Å²) in [5.41, 5.74) is -0.838. The molecule has 0 N–H and O–H groups in total. The highest BCUT2D eigenvalue weighted by Crippen LogP contribution is 2.35. The van der Waals surface area contributed by atoms with Crippen molar-refractivity contribution in [1.82, 2.24) is 9.80 Å². The van der Waals surface area contributed by atoms with Crippen LogP contribution in [0, 0.1) is 0 Å². The number of allylic oxidation sites excluding steroid dienone is 4. The maximum absolute atomic E-state index is 13.3. The van der Waals surface area contributed by atoms with Gasteiger partial charge < -0.3 is 9.80 Å². The van der Waals surface area contributed by atoms with Gasteiger partial charge in [-0.15, -0.1) is 0 Å². The van der Waals surface area contributed by atoms with Gasteiger partial charge in [-0.2, -0.15) is 13.2 Å². The van der Waals surface area contributed by atoms with Crippen molar-refractivity contribution in [3.63, 3.8) is 0 Å². The van der Waals surface area contributed by atoms with Gasteiger partial charge in [-0.1, -0.05) is 11.6 Å². The van der Waals surface area contributed by atoms with E-state index in [4.69, 9.17) is 0 Å². The molecule has 1 fully saturated rings. The van der Waals surface area contributed by atoms with Gasteiger partial charge in [0, 0.05) is 19.1 Å². The predicted molar refractivity (Wildman–Crippen MR) is 81.0 cm³/mol. The Kier molecular flexibility index (Phi) is 6.66. The molecule has 0 aromatic carbocycles. The molecule has 0 spiro atoms. The molecule has 2 nitrogen and oxygen atoms in total. The highest BCUT2D eigenvalue weighted by molar-refractivity contribution is 5.38. The molecule has 126 valence electrons. The van der Waals surface area contributed by atoms with Crippen LogP contribution in [0.3, 0.4) is 0 Å². The zero-order valence-electron chi connectivity index (χ0n) is 13.5. The third-order valence-corrected chi connectivity index (χ3v) is 4.05. The Morgan fingerprint density at radius 1 is 1.18 bits per heavy atom. The molecule has 1 rings (SSSR count). The molecule has 22 heavy (non-hydrogen) atoms. The van der Waals surface area contributed by atoms with Crippen LogP contribution in [0.15, 0.2) is 35.3 Å². The highest BCUT2D eigenvalue weighted by atomic mass is 19.4. The van der Waals surface area contributed by atoms with E-state index in [1.54, 1.807) is 19.9 Å². The molecule has 6 heteroatoms. The van der Waals surface area contributed by atoms with Crippen LogP contribution in [0.25, 0.3) is 0 Å². The van der Waals surface area contributed by atoms with Crippen LogP contribution in [0.5, 0.6) is 0 Å². The van der Waals surface area contributed by atoms with Crippen LogP contribution < -0.4 is 0 Å². The first-order valence-corrected chi connectivity index (χ1v) is 7.34. The number of hydrogen-bond donors (Lipinski definition) is 0. The van der Waals surface area contributed by atoms with Crippen molar-refractivity contribution in [2.45, 2.75) is 38.9 Å². The normalized spacial score (nSPS) is 20.0. The molecule has 1 aliphatic heterocycles. The highest BCUT2D eigenvalue weighted by Gasteiger charge is 2.38. The molecule has 0 aliphatic carbocycles. The number of halogens is 4. The van der Waals surface area contributed by atoms with Crippen molar-refractivity contribution >= 4 is 0 Å². The monoisotopic (exact) mass is 320 g/mol. The summed E-state index contributed by atoms with van der Waals surface area (Å²) in [6, 6.07) is 0.327. The Morgan fingerprint density at radius 2 is 1.73 bits per heavy atom. The molecule has 1 heterocycles. The van der Waals surface area contributed by atoms with Crippen LogP contribution in [-0.2, 0) is 0 Å². The van der Waals surface area contributed by atoms with Gasteiger partial charge in [-0.05, 0) is 46.9 Å². The molecule has 0 atom stereocenters. The summed E-state index contributed by atoms with van der Waals surface area (Å²) < 4.78 is 53.1. The minimum atomic E-state index is -4.58. The smallest absolute Gasteiger partial charge is 0.369 e. The summed E-state index contributed by atoms with van der Waals surface area (Å²) in [6.45, 7) is 4.06. The standard InChI is InChI=1S/C16H24F4N2/c1-5-12(2)10-14(16(18,19)20)15(11-17)22-8-6-13(7-9-22)21(3)4/h5,10-11,13H,6-9H2,1-4H3/b12-5-,14-10+,15-11-. The van der Waals surface area contributed by atoms with E-state index in [2.05, 4.69) is 4.90 Å². The van der Waals surface area contributed by atoms with Crippen molar-refractivity contribution in [3.8, 4) is 0 Å². The SMILES string of the molecule is C\C=C(C)/C=C(\C(=C\F)N1CCC(N(C)C)CC1)C(F)(F)F. The molecular formula is C16H24F4N2. The lowest BCUT2D eigenvalue weighted by molar-refractivity contribution is -0.0920. The number of rotatable bonds is 4. The fraction of sp³-hybridized carbons (Fsp3) is 0.625. The summed E-state index contributed by atoms with van der Waals surface area (Å²) >= 11 is 0. The minimum Gasteiger partial charge on any atom is -0.369 e. The second-order valence-electron chi connectivity index (χ2n) is 5.76. The summed E-state index contributed by atoms with van der Waals surface area (Å²) in [6.07, 6.45) is -0.488. The lowest BCUT2D eigenvalue weighted by atomic mass is 10.0. The second kappa shape index (κ2) is 7.81. The first-order chi connectivity index (χ1) is 10.2. The van der Waals surface area contributed by atoms with Crippen molar-refractivity contribution < 1.29 is 17.6 Å². The van der Waals surface area contributed by atoms with Crippen molar-refractivity contribution in [2.75, 3.05) is 27.2 Å². The third kappa shape index (κ3) is 4.87. The topological polar surface area (TPSA) is 6.48 Å². The van der Waals surface area contributed by atoms with Crippen molar-refractivity contribution in [2.24, 2.45) is 0 Å². The summed E-state index contributed by atoms with van der Waals surface area (Å²) in [5, 5.41) is 0. The molecule has 0 bridgehead atoms. The van der Waals surface area contributed by atoms with Crippen molar-refractivity contribution in [1.29, 1.82) is 0 Å². The summed E-state index contributed by atoms with van der Waals surface area (Å²) in [7, 11) is 3.89. The number of piperidine rings is 1. The Labute approximate surface area is 129 Å². The van der Waals surface area contributed by atoms with Gasteiger partial charge in [0.15, 0.2) is 0 Å². The van der Waals surface area contributed by atoms with Gasteiger partial charge in [-0.3, -0.25) is 0 Å². The Balaban J connectivity index is 3.01. The molecule has 0 radical (unpaired) electrons. The van der Waals surface area contributed by atoms with Gasteiger partial charge in [0.05, 0.1) is 11.3 Å². The third-order valence-electron chi connectivity index (χ3n) is 4.05. The van der Waals surface area contributed by atoms with E-state index >= 15 is 0 Å². The van der Waals surface area contributed by atoms with Gasteiger partial charge in [0.25, 0.3) is 0 Å². The molecule has 1 aliphatic rings. The van der Waals surface area contributed by atoms with Crippen LogP contribution >= 0.6 is 0 Å². The molecule has 0 aromatic heterocycles. The number of nitrogens with zero attached hydrogens (tertiary/aromatic N) is 2. The van der Waals surface area contributed by atoms with Crippen LogP contribution in [0.2, 0.25) is 0 Å². The average molecular weight is 320 g/mol. The van der Waals surface area contributed by atoms with E-state index in [1.807, 2.05) is 14.1 Å². The zero-order valence-corrected chi connectivity index (χ0v) is 13.5. The Hall–Kier alpha value is -1.30. The number of hydrogen-bond acceptors (Lipinski definition) is 2. The fourth-order valence-corrected chi connectivity index (χ4v) is 2.53. The largest absolute Gasteiger partial charge is 0.418 e. The van der Waals surface area contributed by atoms with Gasteiger partial charge in [0.2, 0.25) is 0 Å².